The van der Waals surface area contributed by atoms with Crippen LogP contribution in [0.15, 0.2) is 4.99 Å². The zero-order valence-electron chi connectivity index (χ0n) is 9.18. The fraction of sp³-hybridized carbons (Fsp3) is 0.889. The van der Waals surface area contributed by atoms with Crippen molar-refractivity contribution in [3.05, 3.63) is 0 Å². The van der Waals surface area contributed by atoms with Crippen molar-refractivity contribution in [2.75, 3.05) is 7.05 Å². The van der Waals surface area contributed by atoms with E-state index in [9.17, 15) is 13.2 Å². The first-order valence-corrected chi connectivity index (χ1v) is 4.54. The van der Waals surface area contributed by atoms with Gasteiger partial charge < -0.3 is 4.90 Å². The Kier molecular flexibility index (Phi) is 4.42. The van der Waals surface area contributed by atoms with E-state index < -0.39 is 12.0 Å². The lowest BCUT2D eigenvalue weighted by Crippen LogP contribution is -2.43. The minimum Gasteiger partial charge on any atom is -0.353 e. The van der Waals surface area contributed by atoms with E-state index in [1.165, 1.54) is 7.05 Å². The second-order valence-electron chi connectivity index (χ2n) is 3.75. The Morgan fingerprint density at radius 3 is 1.79 bits per heavy atom. The summed E-state index contributed by atoms with van der Waals surface area (Å²) in [6.45, 7) is 6.64. The van der Waals surface area contributed by atoms with Crippen LogP contribution in [0.3, 0.4) is 0 Å². The first-order chi connectivity index (χ1) is 6.16. The van der Waals surface area contributed by atoms with Crippen LogP contribution >= 0.6 is 0 Å². The Balaban J connectivity index is 4.93. The van der Waals surface area contributed by atoms with Gasteiger partial charge in [-0.3, -0.25) is 4.99 Å². The molecule has 0 aromatic heterocycles. The molecule has 0 aliphatic heterocycles. The molecule has 0 aromatic carbocycles. The van der Waals surface area contributed by atoms with Crippen LogP contribution in [0.25, 0.3) is 0 Å². The molecule has 0 saturated carbocycles. The molecular weight excluding hydrogens is 193 g/mol. The highest BCUT2D eigenvalue weighted by Crippen LogP contribution is 2.21. The van der Waals surface area contributed by atoms with Gasteiger partial charge in [0, 0.05) is 19.1 Å². The summed E-state index contributed by atoms with van der Waals surface area (Å²) in [5.41, 5.74) is 0. The fourth-order valence-corrected chi connectivity index (χ4v) is 0.853. The predicted octanol–water partition coefficient (Wildman–Crippen LogP) is 2.70. The second-order valence-corrected chi connectivity index (χ2v) is 3.75. The number of hydrogen-bond donors (Lipinski definition) is 0. The van der Waals surface area contributed by atoms with Crippen molar-refractivity contribution in [3.8, 4) is 0 Å². The SMILES string of the molecule is CC(C)N=C(N(C)C(C)C)C(F)(F)F. The van der Waals surface area contributed by atoms with Gasteiger partial charge in [-0.1, -0.05) is 0 Å². The van der Waals surface area contributed by atoms with Gasteiger partial charge >= 0.3 is 6.18 Å². The summed E-state index contributed by atoms with van der Waals surface area (Å²) in [4.78, 5) is 4.73. The third-order valence-electron chi connectivity index (χ3n) is 1.74. The van der Waals surface area contributed by atoms with Crippen molar-refractivity contribution < 1.29 is 13.2 Å². The minimum absolute atomic E-state index is 0.214. The monoisotopic (exact) mass is 210 g/mol. The number of hydrogen-bond acceptors (Lipinski definition) is 1. The van der Waals surface area contributed by atoms with Crippen LogP contribution in [-0.2, 0) is 0 Å². The lowest BCUT2D eigenvalue weighted by Gasteiger charge is -2.27. The average molecular weight is 210 g/mol. The van der Waals surface area contributed by atoms with Gasteiger partial charge in [0.05, 0.1) is 0 Å². The molecule has 5 heteroatoms. The van der Waals surface area contributed by atoms with Gasteiger partial charge in [-0.25, -0.2) is 0 Å². The first-order valence-electron chi connectivity index (χ1n) is 4.54. The standard InChI is InChI=1S/C9H17F3N2/c1-6(2)13-8(9(10,11)12)14(5)7(3)4/h6-7H,1-5H3. The van der Waals surface area contributed by atoms with Crippen LogP contribution in [0.5, 0.6) is 0 Å². The van der Waals surface area contributed by atoms with Gasteiger partial charge in [-0.15, -0.1) is 0 Å². The summed E-state index contributed by atoms with van der Waals surface area (Å²) >= 11 is 0. The summed E-state index contributed by atoms with van der Waals surface area (Å²) < 4.78 is 37.6. The first kappa shape index (κ1) is 13.3. The Morgan fingerprint density at radius 2 is 1.57 bits per heavy atom. The van der Waals surface area contributed by atoms with Crippen LogP contribution in [0.2, 0.25) is 0 Å². The molecule has 0 unspecified atom stereocenters. The highest BCUT2D eigenvalue weighted by Gasteiger charge is 2.39. The van der Waals surface area contributed by atoms with Crippen molar-refractivity contribution in [3.63, 3.8) is 0 Å². The zero-order chi connectivity index (χ0) is 11.5. The number of alkyl halides is 3. The van der Waals surface area contributed by atoms with E-state index >= 15 is 0 Å². The van der Waals surface area contributed by atoms with E-state index in [1.807, 2.05) is 0 Å². The molecule has 0 rings (SSSR count). The van der Waals surface area contributed by atoms with E-state index in [-0.39, 0.29) is 12.1 Å². The molecule has 0 heterocycles. The molecule has 2 nitrogen and oxygen atoms in total. The smallest absolute Gasteiger partial charge is 0.353 e. The summed E-state index contributed by atoms with van der Waals surface area (Å²) in [7, 11) is 1.40. The van der Waals surface area contributed by atoms with Crippen molar-refractivity contribution in [1.29, 1.82) is 0 Å². The van der Waals surface area contributed by atoms with E-state index in [4.69, 9.17) is 0 Å². The largest absolute Gasteiger partial charge is 0.449 e. The molecule has 0 saturated heterocycles. The second kappa shape index (κ2) is 4.66. The van der Waals surface area contributed by atoms with E-state index in [2.05, 4.69) is 4.99 Å². The number of rotatable bonds is 2. The third kappa shape index (κ3) is 3.98. The quantitative estimate of drug-likeness (QED) is 0.505. The molecular formula is C9H17F3N2. The van der Waals surface area contributed by atoms with Crippen molar-refractivity contribution in [1.82, 2.24) is 4.90 Å². The molecule has 14 heavy (non-hydrogen) atoms. The Labute approximate surface area is 82.8 Å². The van der Waals surface area contributed by atoms with Crippen molar-refractivity contribution >= 4 is 5.84 Å². The lowest BCUT2D eigenvalue weighted by molar-refractivity contribution is -0.0694. The van der Waals surface area contributed by atoms with Crippen molar-refractivity contribution in [2.24, 2.45) is 4.99 Å². The van der Waals surface area contributed by atoms with E-state index in [0.717, 1.165) is 4.90 Å². The van der Waals surface area contributed by atoms with E-state index in [0.29, 0.717) is 0 Å². The molecule has 84 valence electrons. The van der Waals surface area contributed by atoms with Gasteiger partial charge in [0.15, 0.2) is 0 Å². The third-order valence-corrected chi connectivity index (χ3v) is 1.74. The highest BCUT2D eigenvalue weighted by molar-refractivity contribution is 5.87. The topological polar surface area (TPSA) is 15.6 Å². The summed E-state index contributed by atoms with van der Waals surface area (Å²) in [6.07, 6.45) is -4.37. The number of aliphatic imine (C=N–C) groups is 1. The van der Waals surface area contributed by atoms with Gasteiger partial charge in [-0.2, -0.15) is 13.2 Å². The number of amidine groups is 1. The van der Waals surface area contributed by atoms with Gasteiger partial charge in [0.1, 0.15) is 0 Å². The van der Waals surface area contributed by atoms with Gasteiger partial charge in [0.25, 0.3) is 0 Å². The zero-order valence-corrected chi connectivity index (χ0v) is 9.18. The van der Waals surface area contributed by atoms with Gasteiger partial charge in [0.2, 0.25) is 5.84 Å². The molecule has 0 aliphatic rings. The van der Waals surface area contributed by atoms with Crippen LogP contribution in [-0.4, -0.2) is 36.0 Å². The molecule has 0 radical (unpaired) electrons. The normalized spacial score (nSPS) is 14.0. The molecule has 0 aromatic rings. The summed E-state index contributed by atoms with van der Waals surface area (Å²) in [5, 5.41) is 0. The van der Waals surface area contributed by atoms with Gasteiger partial charge in [-0.05, 0) is 27.7 Å². The van der Waals surface area contributed by atoms with Crippen LogP contribution in [0, 0.1) is 0 Å². The maximum Gasteiger partial charge on any atom is 0.449 e. The maximum absolute atomic E-state index is 12.5. The molecule has 0 amide bonds. The highest BCUT2D eigenvalue weighted by atomic mass is 19.4. The molecule has 0 bridgehead atoms. The van der Waals surface area contributed by atoms with E-state index in [1.54, 1.807) is 27.7 Å². The number of halogens is 3. The average Bonchev–Trinajstić information content (AvgIpc) is 1.96. The Morgan fingerprint density at radius 1 is 1.14 bits per heavy atom. The summed E-state index contributed by atoms with van der Waals surface area (Å²) in [5.74, 6) is -0.803. The Hall–Kier alpha value is -0.740. The lowest BCUT2D eigenvalue weighted by atomic mass is 10.3. The predicted molar refractivity (Wildman–Crippen MR) is 51.5 cm³/mol. The molecule has 0 fully saturated rings. The Bertz CT molecular complexity index is 207. The van der Waals surface area contributed by atoms with Crippen molar-refractivity contribution in [2.45, 2.75) is 46.0 Å². The molecule has 0 spiro atoms. The minimum atomic E-state index is -4.37. The molecule has 0 aliphatic carbocycles. The molecule has 0 atom stereocenters. The molecule has 0 N–H and O–H groups in total. The van der Waals surface area contributed by atoms with Crippen LogP contribution < -0.4 is 0 Å². The van der Waals surface area contributed by atoms with Crippen LogP contribution in [0.1, 0.15) is 27.7 Å². The fourth-order valence-electron chi connectivity index (χ4n) is 0.853. The van der Waals surface area contributed by atoms with Crippen LogP contribution in [0.4, 0.5) is 13.2 Å². The maximum atomic E-state index is 12.5. The summed E-state index contributed by atoms with van der Waals surface area (Å²) in [6, 6.07) is -0.568. The number of nitrogens with zero attached hydrogens (tertiary/aromatic N) is 2.